The highest BCUT2D eigenvalue weighted by molar-refractivity contribution is 9.10. The Morgan fingerprint density at radius 2 is 2.00 bits per heavy atom. The maximum atomic E-state index is 5.49. The lowest BCUT2D eigenvalue weighted by Crippen LogP contribution is -1.84. The van der Waals surface area contributed by atoms with Gasteiger partial charge in [0, 0.05) is 10.2 Å². The third-order valence-corrected chi connectivity index (χ3v) is 1.44. The molecule has 0 saturated carbocycles. The third-order valence-electron chi connectivity index (χ3n) is 0.980. The molecule has 2 N–H and O–H groups in total. The van der Waals surface area contributed by atoms with E-state index in [1.54, 1.807) is 0 Å². The fraction of sp³-hybridized carbons (Fsp3) is 0. The Morgan fingerprint density at radius 1 is 1.33 bits per heavy atom. The zero-order valence-corrected chi connectivity index (χ0v) is 6.48. The topological polar surface area (TPSA) is 26.0 Å². The molecule has 0 unspecified atom stereocenters. The molecule has 0 heterocycles. The Bertz CT molecular complexity index is 170. The Hall–Kier alpha value is -0.500. The average Bonchev–Trinajstić information content (AvgIpc) is 1.59. The summed E-state index contributed by atoms with van der Waals surface area (Å²) in [6, 6.07) is 5.58. The minimum Gasteiger partial charge on any atom is -0.399 e. The van der Waals surface area contributed by atoms with Crippen LogP contribution < -0.4 is 5.73 Å². The predicted molar refractivity (Wildman–Crippen MR) is 43.0 cm³/mol. The van der Waals surface area contributed by atoms with Crippen LogP contribution in [0.4, 0.5) is 5.69 Å². The highest BCUT2D eigenvalue weighted by atomic mass is 79.9. The maximum Gasteiger partial charge on any atom is 0.0328 e. The van der Waals surface area contributed by atoms with Gasteiger partial charge in [0.2, 0.25) is 0 Å². The van der Waals surface area contributed by atoms with Crippen LogP contribution in [-0.4, -0.2) is 0 Å². The van der Waals surface area contributed by atoms with Gasteiger partial charge in [-0.1, -0.05) is 15.9 Å². The van der Waals surface area contributed by atoms with Crippen LogP contribution in [0.25, 0.3) is 0 Å². The number of nitrogen functional groups attached to an aromatic ring is 1. The van der Waals surface area contributed by atoms with E-state index in [1.807, 2.05) is 18.2 Å². The molecule has 2 heteroatoms. The van der Waals surface area contributed by atoms with E-state index in [1.165, 1.54) is 0 Å². The van der Waals surface area contributed by atoms with Crippen LogP contribution in [0.2, 0.25) is 0 Å². The van der Waals surface area contributed by atoms with Gasteiger partial charge in [0.25, 0.3) is 0 Å². The van der Waals surface area contributed by atoms with Crippen molar-refractivity contribution in [2.45, 2.75) is 0 Å². The predicted octanol–water partition coefficient (Wildman–Crippen LogP) is 2.21. The van der Waals surface area contributed by atoms with Gasteiger partial charge in [0.05, 0.1) is 0 Å². The molecule has 47 valence electrons. The molecule has 1 radical (unpaired) electrons. The molecule has 0 fully saturated rings. The molecule has 0 spiro atoms. The Kier molecular flexibility index (Phi) is 1.76. The Balaban J connectivity index is 3.17. The molecule has 0 amide bonds. The van der Waals surface area contributed by atoms with E-state index in [0.717, 1.165) is 15.7 Å². The summed E-state index contributed by atoms with van der Waals surface area (Å²) in [5.41, 5.74) is 7.17. The maximum absolute atomic E-state index is 5.49. The van der Waals surface area contributed by atoms with Crippen molar-refractivity contribution in [2.24, 2.45) is 0 Å². The largest absolute Gasteiger partial charge is 0.399 e. The zero-order chi connectivity index (χ0) is 6.85. The van der Waals surface area contributed by atoms with E-state index < -0.39 is 0 Å². The monoisotopic (exact) mass is 184 g/mol. The molecule has 0 aromatic heterocycles. The number of anilines is 1. The van der Waals surface area contributed by atoms with Gasteiger partial charge in [-0.05, 0) is 30.7 Å². The van der Waals surface area contributed by atoms with E-state index in [0.29, 0.717) is 0 Å². The molecule has 9 heavy (non-hydrogen) atoms. The van der Waals surface area contributed by atoms with Crippen molar-refractivity contribution >= 4 is 21.6 Å². The van der Waals surface area contributed by atoms with Crippen LogP contribution in [0.15, 0.2) is 22.7 Å². The summed E-state index contributed by atoms with van der Waals surface area (Å²) in [5.74, 6) is 0. The smallest absolute Gasteiger partial charge is 0.0328 e. The van der Waals surface area contributed by atoms with Crippen molar-refractivity contribution in [3.8, 4) is 0 Å². The number of benzene rings is 1. The first-order chi connectivity index (χ1) is 4.18. The lowest BCUT2D eigenvalue weighted by atomic mass is 10.2. The average molecular weight is 185 g/mol. The first-order valence-electron chi connectivity index (χ1n) is 2.56. The van der Waals surface area contributed by atoms with Gasteiger partial charge in [-0.25, -0.2) is 0 Å². The van der Waals surface area contributed by atoms with Crippen molar-refractivity contribution in [1.82, 2.24) is 0 Å². The van der Waals surface area contributed by atoms with E-state index in [2.05, 4.69) is 22.9 Å². The molecular weight excluding hydrogens is 178 g/mol. The minimum atomic E-state index is 0.745. The molecule has 0 aliphatic rings. The quantitative estimate of drug-likeness (QED) is 0.616. The van der Waals surface area contributed by atoms with Crippen molar-refractivity contribution in [2.75, 3.05) is 5.73 Å². The zero-order valence-electron chi connectivity index (χ0n) is 4.89. The molecule has 1 rings (SSSR count). The van der Waals surface area contributed by atoms with Gasteiger partial charge in [0.15, 0.2) is 0 Å². The van der Waals surface area contributed by atoms with Crippen LogP contribution in [0.3, 0.4) is 0 Å². The molecule has 1 aromatic carbocycles. The summed E-state index contributed by atoms with van der Waals surface area (Å²) in [5, 5.41) is 0. The van der Waals surface area contributed by atoms with Crippen LogP contribution in [0.5, 0.6) is 0 Å². The van der Waals surface area contributed by atoms with Crippen molar-refractivity contribution < 1.29 is 0 Å². The summed E-state index contributed by atoms with van der Waals surface area (Å²) in [4.78, 5) is 0. The lowest BCUT2D eigenvalue weighted by Gasteiger charge is -1.95. The molecule has 0 aliphatic heterocycles. The number of hydrogen-bond acceptors (Lipinski definition) is 1. The second-order valence-electron chi connectivity index (χ2n) is 1.89. The summed E-state index contributed by atoms with van der Waals surface area (Å²) < 4.78 is 0.979. The van der Waals surface area contributed by atoms with Crippen LogP contribution in [0.1, 0.15) is 5.56 Å². The first-order valence-corrected chi connectivity index (χ1v) is 3.36. The van der Waals surface area contributed by atoms with Gasteiger partial charge >= 0.3 is 0 Å². The first kappa shape index (κ1) is 6.62. The normalized spacial score (nSPS) is 9.56. The van der Waals surface area contributed by atoms with Crippen LogP contribution in [-0.2, 0) is 0 Å². The third kappa shape index (κ3) is 1.72. The molecule has 0 bridgehead atoms. The van der Waals surface area contributed by atoms with Gasteiger partial charge in [0.1, 0.15) is 0 Å². The second kappa shape index (κ2) is 2.40. The fourth-order valence-corrected chi connectivity index (χ4v) is 1.23. The van der Waals surface area contributed by atoms with Crippen molar-refractivity contribution in [3.63, 3.8) is 0 Å². The van der Waals surface area contributed by atoms with Gasteiger partial charge < -0.3 is 5.73 Å². The Labute approximate surface area is 63.0 Å². The number of rotatable bonds is 0. The number of hydrogen-bond donors (Lipinski definition) is 1. The second-order valence-corrected chi connectivity index (χ2v) is 2.81. The highest BCUT2D eigenvalue weighted by Gasteiger charge is 1.89. The van der Waals surface area contributed by atoms with Crippen molar-refractivity contribution in [3.05, 3.63) is 35.2 Å². The summed E-state index contributed by atoms with van der Waals surface area (Å²) >= 11 is 3.29. The molecule has 0 saturated heterocycles. The molecule has 0 atom stereocenters. The summed E-state index contributed by atoms with van der Waals surface area (Å²) in [7, 11) is 0. The number of halogens is 1. The van der Waals surface area contributed by atoms with Gasteiger partial charge in [-0.2, -0.15) is 0 Å². The Morgan fingerprint density at radius 3 is 2.44 bits per heavy atom. The van der Waals surface area contributed by atoms with Crippen LogP contribution in [0, 0.1) is 6.92 Å². The summed E-state index contributed by atoms with van der Waals surface area (Å²) in [6.45, 7) is 3.73. The number of nitrogens with two attached hydrogens (primary N) is 1. The standard InChI is InChI=1S/C7H7BrN/c1-5-2-6(8)4-7(9)3-5/h2-4H,1,9H2. The molecule has 1 aromatic rings. The summed E-state index contributed by atoms with van der Waals surface area (Å²) in [6.07, 6.45) is 0. The molecule has 1 nitrogen and oxygen atoms in total. The molecular formula is C7H7BrN. The van der Waals surface area contributed by atoms with E-state index >= 15 is 0 Å². The fourth-order valence-electron chi connectivity index (χ4n) is 0.675. The van der Waals surface area contributed by atoms with Crippen molar-refractivity contribution in [1.29, 1.82) is 0 Å². The van der Waals surface area contributed by atoms with Gasteiger partial charge in [-0.3, -0.25) is 0 Å². The van der Waals surface area contributed by atoms with E-state index in [4.69, 9.17) is 5.73 Å². The SMILES string of the molecule is [CH2]c1cc(N)cc(Br)c1. The van der Waals surface area contributed by atoms with E-state index in [9.17, 15) is 0 Å². The van der Waals surface area contributed by atoms with Gasteiger partial charge in [-0.15, -0.1) is 0 Å². The lowest BCUT2D eigenvalue weighted by molar-refractivity contribution is 1.57. The minimum absolute atomic E-state index is 0.745. The highest BCUT2D eigenvalue weighted by Crippen LogP contribution is 2.15. The van der Waals surface area contributed by atoms with E-state index in [-0.39, 0.29) is 0 Å². The molecule has 0 aliphatic carbocycles. The van der Waals surface area contributed by atoms with Crippen LogP contribution >= 0.6 is 15.9 Å².